The van der Waals surface area contributed by atoms with E-state index in [1.54, 1.807) is 24.1 Å². The number of piperidine rings is 1. The summed E-state index contributed by atoms with van der Waals surface area (Å²) in [4.78, 5) is 12.4. The molecule has 0 unspecified atom stereocenters. The number of hydrogen-bond acceptors (Lipinski definition) is 4. The minimum Gasteiger partial charge on any atom is -0.354 e. The van der Waals surface area contributed by atoms with E-state index < -0.39 is 10.8 Å². The molecule has 1 aromatic carbocycles. The predicted molar refractivity (Wildman–Crippen MR) is 73.8 cm³/mol. The maximum absolute atomic E-state index is 13.2. The smallest absolute Gasteiger partial charge is 0.295 e. The van der Waals surface area contributed by atoms with Crippen LogP contribution in [0, 0.1) is 10.1 Å². The van der Waals surface area contributed by atoms with Gasteiger partial charge in [-0.3, -0.25) is 14.8 Å². The molecule has 2 aromatic rings. The summed E-state index contributed by atoms with van der Waals surface area (Å²) in [5.41, 5.74) is 0.380. The van der Waals surface area contributed by atoms with Crippen LogP contribution >= 0.6 is 0 Å². The highest BCUT2D eigenvalue weighted by Crippen LogP contribution is 2.35. The zero-order valence-corrected chi connectivity index (χ0v) is 11.4. The average molecular weight is 296 g/mol. The van der Waals surface area contributed by atoms with Gasteiger partial charge in [-0.1, -0.05) is 6.07 Å². The number of halogens is 2. The van der Waals surface area contributed by atoms with Gasteiger partial charge in [-0.2, -0.15) is 5.10 Å². The van der Waals surface area contributed by atoms with Gasteiger partial charge in [0.2, 0.25) is 0 Å². The molecule has 1 aliphatic heterocycles. The Hall–Kier alpha value is -2.25. The quantitative estimate of drug-likeness (QED) is 0.631. The lowest BCUT2D eigenvalue weighted by molar-refractivity contribution is -0.383. The fraction of sp³-hybridized carbons (Fsp3) is 0.462. The number of nitro benzene ring substituents is 1. The molecule has 8 heteroatoms. The van der Waals surface area contributed by atoms with E-state index in [0.29, 0.717) is 16.7 Å². The van der Waals surface area contributed by atoms with Crippen molar-refractivity contribution >= 4 is 22.4 Å². The van der Waals surface area contributed by atoms with Crippen LogP contribution in [0.15, 0.2) is 18.2 Å². The maximum atomic E-state index is 13.2. The molecule has 1 fully saturated rings. The second kappa shape index (κ2) is 4.64. The Kier molecular flexibility index (Phi) is 3.03. The summed E-state index contributed by atoms with van der Waals surface area (Å²) < 4.78 is 27.9. The monoisotopic (exact) mass is 296 g/mol. The molecule has 0 amide bonds. The molecule has 0 atom stereocenters. The Morgan fingerprint density at radius 3 is 2.62 bits per heavy atom. The summed E-state index contributed by atoms with van der Waals surface area (Å²) >= 11 is 0. The van der Waals surface area contributed by atoms with Crippen molar-refractivity contribution < 1.29 is 13.7 Å². The van der Waals surface area contributed by atoms with Crippen molar-refractivity contribution in [1.82, 2.24) is 9.78 Å². The number of nitro groups is 1. The normalized spacial score (nSPS) is 18.1. The summed E-state index contributed by atoms with van der Waals surface area (Å²) in [6, 6.07) is 4.74. The van der Waals surface area contributed by atoms with Gasteiger partial charge in [-0.05, 0) is 6.07 Å². The van der Waals surface area contributed by atoms with Crippen molar-refractivity contribution in [3.8, 4) is 0 Å². The molecule has 0 bridgehead atoms. The molecule has 0 saturated carbocycles. The third-order valence-corrected chi connectivity index (χ3v) is 3.82. The molecule has 1 saturated heterocycles. The number of alkyl halides is 2. The van der Waals surface area contributed by atoms with Gasteiger partial charge in [0, 0.05) is 39.0 Å². The van der Waals surface area contributed by atoms with E-state index in [9.17, 15) is 18.9 Å². The van der Waals surface area contributed by atoms with Crippen molar-refractivity contribution in [2.45, 2.75) is 18.8 Å². The molecule has 21 heavy (non-hydrogen) atoms. The zero-order valence-electron chi connectivity index (χ0n) is 11.4. The molecular formula is C13H14F2N4O2. The number of aromatic nitrogens is 2. The molecule has 6 nitrogen and oxygen atoms in total. The lowest BCUT2D eigenvalue weighted by atomic mass is 10.1. The summed E-state index contributed by atoms with van der Waals surface area (Å²) in [6.45, 7) is 0.392. The van der Waals surface area contributed by atoms with Gasteiger partial charge in [0.25, 0.3) is 11.6 Å². The molecule has 0 N–H and O–H groups in total. The molecule has 3 rings (SSSR count). The first kappa shape index (κ1) is 13.7. The number of non-ortho nitro benzene ring substituents is 1. The molecule has 2 heterocycles. The highest BCUT2D eigenvalue weighted by atomic mass is 19.3. The largest absolute Gasteiger partial charge is 0.354 e. The summed E-state index contributed by atoms with van der Waals surface area (Å²) in [5, 5.41) is 16.0. The van der Waals surface area contributed by atoms with Crippen LogP contribution in [-0.4, -0.2) is 33.7 Å². The van der Waals surface area contributed by atoms with Crippen LogP contribution in [0.1, 0.15) is 12.8 Å². The number of para-hydroxylation sites is 1. The van der Waals surface area contributed by atoms with Crippen LogP contribution in [0.4, 0.5) is 20.3 Å². The van der Waals surface area contributed by atoms with Gasteiger partial charge in [0.15, 0.2) is 5.82 Å². The van der Waals surface area contributed by atoms with Crippen LogP contribution in [-0.2, 0) is 7.05 Å². The Labute approximate surface area is 119 Å². The second-order valence-electron chi connectivity index (χ2n) is 5.22. The van der Waals surface area contributed by atoms with Crippen molar-refractivity contribution in [2.75, 3.05) is 18.0 Å². The van der Waals surface area contributed by atoms with Gasteiger partial charge >= 0.3 is 0 Å². The van der Waals surface area contributed by atoms with Gasteiger partial charge in [-0.25, -0.2) is 8.78 Å². The van der Waals surface area contributed by atoms with E-state index in [-0.39, 0.29) is 31.6 Å². The van der Waals surface area contributed by atoms with E-state index in [1.807, 2.05) is 0 Å². The number of hydrogen-bond donors (Lipinski definition) is 0. The Morgan fingerprint density at radius 2 is 2.00 bits per heavy atom. The topological polar surface area (TPSA) is 64.2 Å². The first-order valence-electron chi connectivity index (χ1n) is 6.62. The lowest BCUT2D eigenvalue weighted by Gasteiger charge is -2.31. The fourth-order valence-electron chi connectivity index (χ4n) is 2.72. The van der Waals surface area contributed by atoms with E-state index in [4.69, 9.17) is 0 Å². The first-order chi connectivity index (χ1) is 9.89. The van der Waals surface area contributed by atoms with Gasteiger partial charge in [-0.15, -0.1) is 0 Å². The van der Waals surface area contributed by atoms with Gasteiger partial charge in [0.1, 0.15) is 5.52 Å². The summed E-state index contributed by atoms with van der Waals surface area (Å²) in [5.74, 6) is -2.10. The summed E-state index contributed by atoms with van der Waals surface area (Å²) in [6.07, 6.45) is -0.444. The van der Waals surface area contributed by atoms with E-state index in [1.165, 1.54) is 10.7 Å². The zero-order chi connectivity index (χ0) is 15.2. The third-order valence-electron chi connectivity index (χ3n) is 3.82. The number of benzene rings is 1. The van der Waals surface area contributed by atoms with Crippen molar-refractivity contribution in [2.24, 2.45) is 7.05 Å². The number of rotatable bonds is 2. The van der Waals surface area contributed by atoms with Crippen LogP contribution in [0.25, 0.3) is 10.9 Å². The highest BCUT2D eigenvalue weighted by molar-refractivity contribution is 5.96. The van der Waals surface area contributed by atoms with Crippen LogP contribution in [0.3, 0.4) is 0 Å². The number of aryl methyl sites for hydroxylation is 1. The van der Waals surface area contributed by atoms with E-state index >= 15 is 0 Å². The van der Waals surface area contributed by atoms with Crippen LogP contribution in [0.2, 0.25) is 0 Å². The molecule has 1 aliphatic rings. The molecular weight excluding hydrogens is 282 g/mol. The molecule has 112 valence electrons. The van der Waals surface area contributed by atoms with Gasteiger partial charge in [0.05, 0.1) is 10.3 Å². The van der Waals surface area contributed by atoms with Crippen molar-refractivity contribution in [3.63, 3.8) is 0 Å². The number of nitrogens with zero attached hydrogens (tertiary/aromatic N) is 4. The van der Waals surface area contributed by atoms with Crippen LogP contribution in [0.5, 0.6) is 0 Å². The maximum Gasteiger partial charge on any atom is 0.295 e. The Bertz CT molecular complexity index is 704. The number of anilines is 1. The predicted octanol–water partition coefficient (Wildman–Crippen LogP) is 2.72. The fourth-order valence-corrected chi connectivity index (χ4v) is 2.72. The van der Waals surface area contributed by atoms with E-state index in [2.05, 4.69) is 5.10 Å². The third kappa shape index (κ3) is 2.30. The van der Waals surface area contributed by atoms with E-state index in [0.717, 1.165) is 0 Å². The molecule has 1 aromatic heterocycles. The SMILES string of the molecule is Cn1nc(N2CCC(F)(F)CC2)c2cccc([N+](=O)[O-])c21. The molecule has 0 spiro atoms. The number of fused-ring (bicyclic) bond motifs is 1. The Balaban J connectivity index is 2.05. The Morgan fingerprint density at radius 1 is 1.33 bits per heavy atom. The van der Waals surface area contributed by atoms with Crippen molar-refractivity contribution in [3.05, 3.63) is 28.3 Å². The summed E-state index contributed by atoms with van der Waals surface area (Å²) in [7, 11) is 1.62. The second-order valence-corrected chi connectivity index (χ2v) is 5.22. The highest BCUT2D eigenvalue weighted by Gasteiger charge is 2.35. The lowest BCUT2D eigenvalue weighted by Crippen LogP contribution is -2.39. The van der Waals surface area contributed by atoms with Crippen molar-refractivity contribution in [1.29, 1.82) is 0 Å². The minimum absolute atomic E-state index is 0.0314. The van der Waals surface area contributed by atoms with Gasteiger partial charge < -0.3 is 4.90 Å². The minimum atomic E-state index is -2.63. The standard InChI is InChI=1S/C13H14F2N4O2/c1-17-11-9(3-2-4-10(11)19(20)21)12(16-17)18-7-5-13(14,15)6-8-18/h2-4H,5-8H2,1H3. The molecule has 0 radical (unpaired) electrons. The first-order valence-corrected chi connectivity index (χ1v) is 6.62. The molecule has 0 aliphatic carbocycles. The van der Waals surface area contributed by atoms with Crippen LogP contribution < -0.4 is 4.90 Å². The average Bonchev–Trinajstić information content (AvgIpc) is 2.76.